The number of piperidine rings is 1. The molecule has 2 aliphatic heterocycles. The number of nitrogens with zero attached hydrogens (tertiary/aromatic N) is 2. The molecule has 2 heterocycles. The number of amides is 3. The van der Waals surface area contributed by atoms with Crippen molar-refractivity contribution in [1.29, 1.82) is 0 Å². The molecule has 10 heteroatoms. The van der Waals surface area contributed by atoms with E-state index in [-0.39, 0.29) is 22.9 Å². The van der Waals surface area contributed by atoms with Gasteiger partial charge in [0.2, 0.25) is 0 Å². The zero-order valence-corrected chi connectivity index (χ0v) is 19.2. The molecule has 0 unspecified atom stereocenters. The van der Waals surface area contributed by atoms with E-state index in [4.69, 9.17) is 4.74 Å². The first-order valence-corrected chi connectivity index (χ1v) is 11.3. The number of hydrogen-bond donors (Lipinski definition) is 1. The third-order valence-corrected chi connectivity index (χ3v) is 6.86. The first kappa shape index (κ1) is 24.6. The average Bonchev–Trinajstić information content (AvgIpc) is 3.27. The Bertz CT molecular complexity index is 1110. The SMILES string of the molecule is COC(=O)c1ccccc1C(=O)N1CCC2(CCN(C(=O)Nc3ccc(C(F)(F)F)cc3)C2)CC1. The highest BCUT2D eigenvalue weighted by Crippen LogP contribution is 2.41. The van der Waals surface area contributed by atoms with Crippen LogP contribution in [0, 0.1) is 5.41 Å². The summed E-state index contributed by atoms with van der Waals surface area (Å²) in [4.78, 5) is 41.2. The predicted molar refractivity (Wildman–Crippen MR) is 122 cm³/mol. The van der Waals surface area contributed by atoms with Crippen LogP contribution in [0.3, 0.4) is 0 Å². The van der Waals surface area contributed by atoms with E-state index in [1.54, 1.807) is 34.1 Å². The van der Waals surface area contributed by atoms with Gasteiger partial charge in [-0.25, -0.2) is 9.59 Å². The largest absolute Gasteiger partial charge is 0.465 e. The number of nitrogens with one attached hydrogen (secondary N) is 1. The number of anilines is 1. The lowest BCUT2D eigenvalue weighted by Crippen LogP contribution is -2.45. The Morgan fingerprint density at radius 2 is 1.46 bits per heavy atom. The van der Waals surface area contributed by atoms with E-state index in [9.17, 15) is 27.6 Å². The van der Waals surface area contributed by atoms with Crippen molar-refractivity contribution in [2.24, 2.45) is 5.41 Å². The van der Waals surface area contributed by atoms with Crippen molar-refractivity contribution in [2.75, 3.05) is 38.6 Å². The number of ether oxygens (including phenoxy) is 1. The van der Waals surface area contributed by atoms with Gasteiger partial charge in [0.25, 0.3) is 5.91 Å². The van der Waals surface area contributed by atoms with E-state index < -0.39 is 17.7 Å². The molecule has 0 radical (unpaired) electrons. The topological polar surface area (TPSA) is 79.0 Å². The van der Waals surface area contributed by atoms with Gasteiger partial charge < -0.3 is 19.9 Å². The molecule has 186 valence electrons. The molecule has 0 aliphatic carbocycles. The van der Waals surface area contributed by atoms with Crippen LogP contribution in [0.4, 0.5) is 23.7 Å². The van der Waals surface area contributed by atoms with Crippen LogP contribution in [0.2, 0.25) is 0 Å². The van der Waals surface area contributed by atoms with Gasteiger partial charge >= 0.3 is 18.2 Å². The van der Waals surface area contributed by atoms with Crippen molar-refractivity contribution in [2.45, 2.75) is 25.4 Å². The highest BCUT2D eigenvalue weighted by molar-refractivity contribution is 6.05. The smallest absolute Gasteiger partial charge is 0.416 e. The molecule has 0 atom stereocenters. The van der Waals surface area contributed by atoms with Crippen LogP contribution in [-0.4, -0.2) is 61.0 Å². The summed E-state index contributed by atoms with van der Waals surface area (Å²) in [6, 6.07) is 10.6. The normalized spacial score (nSPS) is 17.4. The van der Waals surface area contributed by atoms with Crippen molar-refractivity contribution in [3.05, 3.63) is 65.2 Å². The van der Waals surface area contributed by atoms with Crippen LogP contribution < -0.4 is 5.32 Å². The van der Waals surface area contributed by atoms with Crippen molar-refractivity contribution in [3.63, 3.8) is 0 Å². The second kappa shape index (κ2) is 9.59. The monoisotopic (exact) mass is 489 g/mol. The Balaban J connectivity index is 1.34. The molecular formula is C25H26F3N3O4. The number of rotatable bonds is 3. The number of methoxy groups -OCH3 is 1. The highest BCUT2D eigenvalue weighted by atomic mass is 19.4. The quantitative estimate of drug-likeness (QED) is 0.637. The molecule has 35 heavy (non-hydrogen) atoms. The molecule has 2 aliphatic rings. The summed E-state index contributed by atoms with van der Waals surface area (Å²) in [7, 11) is 1.27. The third kappa shape index (κ3) is 5.26. The number of halogens is 3. The summed E-state index contributed by atoms with van der Waals surface area (Å²) >= 11 is 0. The summed E-state index contributed by atoms with van der Waals surface area (Å²) in [5.74, 6) is -0.788. The molecular weight excluding hydrogens is 463 g/mol. The minimum atomic E-state index is -4.43. The van der Waals surface area contributed by atoms with Gasteiger partial charge in [-0.05, 0) is 61.1 Å². The lowest BCUT2D eigenvalue weighted by molar-refractivity contribution is -0.137. The van der Waals surface area contributed by atoms with E-state index in [2.05, 4.69) is 5.32 Å². The first-order valence-electron chi connectivity index (χ1n) is 11.3. The van der Waals surface area contributed by atoms with Crippen molar-refractivity contribution in [1.82, 2.24) is 9.80 Å². The van der Waals surface area contributed by atoms with Crippen molar-refractivity contribution >= 4 is 23.6 Å². The fourth-order valence-electron chi connectivity index (χ4n) is 4.77. The minimum Gasteiger partial charge on any atom is -0.465 e. The number of hydrogen-bond acceptors (Lipinski definition) is 4. The summed E-state index contributed by atoms with van der Waals surface area (Å²) in [5, 5.41) is 2.67. The summed E-state index contributed by atoms with van der Waals surface area (Å²) in [5.41, 5.74) is -0.0536. The average molecular weight is 489 g/mol. The minimum absolute atomic E-state index is 0.115. The number of carbonyl (C=O) groups excluding carboxylic acids is 3. The van der Waals surface area contributed by atoms with E-state index in [0.29, 0.717) is 50.3 Å². The molecule has 3 amide bonds. The van der Waals surface area contributed by atoms with Gasteiger partial charge in [0.05, 0.1) is 23.8 Å². The maximum atomic E-state index is 13.1. The maximum Gasteiger partial charge on any atom is 0.416 e. The lowest BCUT2D eigenvalue weighted by atomic mass is 9.77. The number of alkyl halides is 3. The predicted octanol–water partition coefficient (Wildman–Crippen LogP) is 4.65. The van der Waals surface area contributed by atoms with Gasteiger partial charge in [0, 0.05) is 31.9 Å². The summed E-state index contributed by atoms with van der Waals surface area (Å²) in [6.07, 6.45) is -2.22. The fourth-order valence-corrected chi connectivity index (χ4v) is 4.77. The molecule has 4 rings (SSSR count). The summed E-state index contributed by atoms with van der Waals surface area (Å²) in [6.45, 7) is 2.05. The van der Waals surface area contributed by atoms with E-state index in [1.165, 1.54) is 19.2 Å². The lowest BCUT2D eigenvalue weighted by Gasteiger charge is -2.39. The standard InChI is InChI=1S/C25H26F3N3O4/c1-35-22(33)20-5-3-2-4-19(20)21(32)30-13-10-24(11-14-30)12-15-31(16-24)23(34)29-18-8-6-17(7-9-18)25(26,27)28/h2-9H,10-16H2,1H3,(H,29,34). The van der Waals surface area contributed by atoms with E-state index in [0.717, 1.165) is 18.6 Å². The molecule has 2 saturated heterocycles. The molecule has 1 N–H and O–H groups in total. The van der Waals surface area contributed by atoms with Crippen molar-refractivity contribution in [3.8, 4) is 0 Å². The maximum absolute atomic E-state index is 13.1. The molecule has 0 aromatic heterocycles. The van der Waals surface area contributed by atoms with Gasteiger partial charge in [-0.2, -0.15) is 13.2 Å². The Kier molecular flexibility index (Phi) is 6.73. The fraction of sp³-hybridized carbons (Fsp3) is 0.400. The number of benzene rings is 2. The zero-order valence-electron chi connectivity index (χ0n) is 19.2. The van der Waals surface area contributed by atoms with Gasteiger partial charge in [-0.15, -0.1) is 0 Å². The molecule has 2 aromatic rings. The number of carbonyl (C=O) groups is 3. The highest BCUT2D eigenvalue weighted by Gasteiger charge is 2.43. The second-order valence-corrected chi connectivity index (χ2v) is 9.01. The van der Waals surface area contributed by atoms with E-state index in [1.807, 2.05) is 0 Å². The van der Waals surface area contributed by atoms with Crippen LogP contribution in [0.25, 0.3) is 0 Å². The van der Waals surface area contributed by atoms with Crippen LogP contribution in [-0.2, 0) is 10.9 Å². The summed E-state index contributed by atoms with van der Waals surface area (Å²) < 4.78 is 43.0. The van der Waals surface area contributed by atoms with Crippen LogP contribution in [0.5, 0.6) is 0 Å². The van der Waals surface area contributed by atoms with Crippen LogP contribution >= 0.6 is 0 Å². The molecule has 7 nitrogen and oxygen atoms in total. The Morgan fingerprint density at radius 3 is 2.03 bits per heavy atom. The van der Waals surface area contributed by atoms with E-state index >= 15 is 0 Å². The van der Waals surface area contributed by atoms with Gasteiger partial charge in [0.15, 0.2) is 0 Å². The Morgan fingerprint density at radius 1 is 0.886 bits per heavy atom. The Labute approximate surface area is 200 Å². The van der Waals surface area contributed by atoms with Gasteiger partial charge in [0.1, 0.15) is 0 Å². The number of likely N-dealkylation sites (tertiary alicyclic amines) is 2. The number of esters is 1. The van der Waals surface area contributed by atoms with Gasteiger partial charge in [-0.3, -0.25) is 4.79 Å². The molecule has 2 aromatic carbocycles. The zero-order chi connectivity index (χ0) is 25.2. The van der Waals surface area contributed by atoms with Crippen molar-refractivity contribution < 1.29 is 32.3 Å². The van der Waals surface area contributed by atoms with Crippen LogP contribution in [0.15, 0.2) is 48.5 Å². The van der Waals surface area contributed by atoms with Gasteiger partial charge in [-0.1, -0.05) is 12.1 Å². The molecule has 1 spiro atoms. The number of urea groups is 1. The molecule has 0 bridgehead atoms. The second-order valence-electron chi connectivity index (χ2n) is 9.01. The Hall–Kier alpha value is -3.56. The van der Waals surface area contributed by atoms with Crippen LogP contribution in [0.1, 0.15) is 45.5 Å². The third-order valence-electron chi connectivity index (χ3n) is 6.86. The molecule has 0 saturated carbocycles. The first-order chi connectivity index (χ1) is 16.6. The molecule has 2 fully saturated rings.